The quantitative estimate of drug-likeness (QED) is 0.805. The van der Waals surface area contributed by atoms with Crippen molar-refractivity contribution >= 4 is 0 Å². The molecule has 0 unspecified atom stereocenters. The summed E-state index contributed by atoms with van der Waals surface area (Å²) in [5.41, 5.74) is 6.75. The fourth-order valence-electron chi connectivity index (χ4n) is 2.35. The number of aliphatic hydroxyl groups excluding tert-OH is 1. The van der Waals surface area contributed by atoms with Crippen molar-refractivity contribution in [3.63, 3.8) is 0 Å². The fourth-order valence-corrected chi connectivity index (χ4v) is 2.35. The summed E-state index contributed by atoms with van der Waals surface area (Å²) in [7, 11) is 3.24. The van der Waals surface area contributed by atoms with Crippen molar-refractivity contribution in [3.05, 3.63) is 23.8 Å². The van der Waals surface area contributed by atoms with E-state index in [2.05, 4.69) is 0 Å². The van der Waals surface area contributed by atoms with Gasteiger partial charge in [-0.2, -0.15) is 0 Å². The van der Waals surface area contributed by atoms with Gasteiger partial charge in [0.2, 0.25) is 0 Å². The van der Waals surface area contributed by atoms with Gasteiger partial charge < -0.3 is 20.3 Å². The summed E-state index contributed by atoms with van der Waals surface area (Å²) < 4.78 is 10.5. The third kappa shape index (κ3) is 1.98. The maximum atomic E-state index is 9.38. The Labute approximate surface area is 101 Å². The van der Waals surface area contributed by atoms with Crippen molar-refractivity contribution < 1.29 is 14.6 Å². The largest absolute Gasteiger partial charge is 0.493 e. The Bertz CT molecular complexity index is 402. The number of nitrogens with two attached hydrogens (primary N) is 1. The zero-order valence-corrected chi connectivity index (χ0v) is 10.3. The third-order valence-corrected chi connectivity index (χ3v) is 3.72. The molecule has 1 saturated carbocycles. The van der Waals surface area contributed by atoms with Crippen LogP contribution in [0.5, 0.6) is 11.5 Å². The predicted octanol–water partition coefficient (Wildman–Crippen LogP) is 1.13. The molecule has 0 aliphatic heterocycles. The molecule has 0 amide bonds. The minimum absolute atomic E-state index is 0.125. The van der Waals surface area contributed by atoms with E-state index in [9.17, 15) is 5.11 Å². The first-order valence-corrected chi connectivity index (χ1v) is 5.73. The first-order valence-electron chi connectivity index (χ1n) is 5.73. The molecular formula is C13H19NO3. The van der Waals surface area contributed by atoms with Gasteiger partial charge in [-0.05, 0) is 30.0 Å². The number of hydrogen-bond acceptors (Lipinski definition) is 4. The molecule has 4 heteroatoms. The van der Waals surface area contributed by atoms with Gasteiger partial charge in [-0.15, -0.1) is 0 Å². The Morgan fingerprint density at radius 3 is 2.53 bits per heavy atom. The Kier molecular flexibility index (Phi) is 3.26. The van der Waals surface area contributed by atoms with Crippen molar-refractivity contribution in [2.24, 2.45) is 11.1 Å². The first kappa shape index (κ1) is 12.2. The molecule has 0 saturated heterocycles. The van der Waals surface area contributed by atoms with Gasteiger partial charge in [0.25, 0.3) is 0 Å². The van der Waals surface area contributed by atoms with Crippen molar-refractivity contribution in [3.8, 4) is 11.5 Å². The molecule has 1 aromatic carbocycles. The van der Waals surface area contributed by atoms with Crippen molar-refractivity contribution in [2.45, 2.75) is 12.3 Å². The molecule has 0 bridgehead atoms. The summed E-state index contributed by atoms with van der Waals surface area (Å²) in [5.74, 6) is 1.78. The molecule has 0 radical (unpaired) electrons. The van der Waals surface area contributed by atoms with Gasteiger partial charge in [0.05, 0.1) is 20.8 Å². The highest BCUT2D eigenvalue weighted by atomic mass is 16.5. The maximum absolute atomic E-state index is 9.38. The molecule has 2 atom stereocenters. The lowest BCUT2D eigenvalue weighted by atomic mass is 10.00. The van der Waals surface area contributed by atoms with E-state index in [-0.39, 0.29) is 12.0 Å². The van der Waals surface area contributed by atoms with E-state index in [0.717, 1.165) is 23.5 Å². The summed E-state index contributed by atoms with van der Waals surface area (Å²) in [5, 5.41) is 9.38. The van der Waals surface area contributed by atoms with Crippen LogP contribution in [0.3, 0.4) is 0 Å². The van der Waals surface area contributed by atoms with Gasteiger partial charge in [-0.3, -0.25) is 0 Å². The molecule has 1 aliphatic carbocycles. The lowest BCUT2D eigenvalue weighted by Gasteiger charge is -2.13. The van der Waals surface area contributed by atoms with Gasteiger partial charge in [0.1, 0.15) is 0 Å². The zero-order chi connectivity index (χ0) is 12.5. The molecule has 4 nitrogen and oxygen atoms in total. The van der Waals surface area contributed by atoms with E-state index in [0.29, 0.717) is 12.5 Å². The zero-order valence-electron chi connectivity index (χ0n) is 10.3. The molecule has 0 spiro atoms. The van der Waals surface area contributed by atoms with Crippen LogP contribution in [0.2, 0.25) is 0 Å². The Hall–Kier alpha value is -1.26. The molecule has 2 rings (SSSR count). The summed E-state index contributed by atoms with van der Waals surface area (Å²) >= 11 is 0. The predicted molar refractivity (Wildman–Crippen MR) is 65.5 cm³/mol. The van der Waals surface area contributed by atoms with E-state index in [4.69, 9.17) is 15.2 Å². The van der Waals surface area contributed by atoms with Crippen LogP contribution < -0.4 is 15.2 Å². The molecule has 3 N–H and O–H groups in total. The van der Waals surface area contributed by atoms with Gasteiger partial charge in [0, 0.05) is 12.0 Å². The van der Waals surface area contributed by atoms with Crippen LogP contribution in [0, 0.1) is 5.41 Å². The fraction of sp³-hybridized carbons (Fsp3) is 0.538. The van der Waals surface area contributed by atoms with E-state index in [1.807, 2.05) is 18.2 Å². The minimum atomic E-state index is -0.125. The van der Waals surface area contributed by atoms with Crippen LogP contribution in [0.15, 0.2) is 18.2 Å². The van der Waals surface area contributed by atoms with E-state index in [1.54, 1.807) is 14.2 Å². The van der Waals surface area contributed by atoms with Crippen LogP contribution in [0.4, 0.5) is 0 Å². The maximum Gasteiger partial charge on any atom is 0.160 e. The summed E-state index contributed by atoms with van der Waals surface area (Å²) in [6.45, 7) is 0.658. The number of ether oxygens (including phenoxy) is 2. The highest BCUT2D eigenvalue weighted by molar-refractivity contribution is 5.46. The second-order valence-corrected chi connectivity index (χ2v) is 4.60. The van der Waals surface area contributed by atoms with Crippen molar-refractivity contribution in [1.29, 1.82) is 0 Å². The van der Waals surface area contributed by atoms with E-state index >= 15 is 0 Å². The minimum Gasteiger partial charge on any atom is -0.493 e. The van der Waals surface area contributed by atoms with Crippen LogP contribution in [-0.2, 0) is 0 Å². The van der Waals surface area contributed by atoms with E-state index < -0.39 is 0 Å². The number of methoxy groups -OCH3 is 2. The lowest BCUT2D eigenvalue weighted by Crippen LogP contribution is -2.21. The Morgan fingerprint density at radius 2 is 2.06 bits per heavy atom. The summed E-state index contributed by atoms with van der Waals surface area (Å²) in [6.07, 6.45) is 0.940. The third-order valence-electron chi connectivity index (χ3n) is 3.72. The van der Waals surface area contributed by atoms with Crippen LogP contribution in [-0.4, -0.2) is 32.5 Å². The van der Waals surface area contributed by atoms with Gasteiger partial charge in [-0.1, -0.05) is 6.07 Å². The average molecular weight is 237 g/mol. The Balaban J connectivity index is 2.24. The summed E-state index contributed by atoms with van der Waals surface area (Å²) in [6, 6.07) is 5.88. The van der Waals surface area contributed by atoms with Crippen LogP contribution in [0.1, 0.15) is 17.9 Å². The molecule has 1 fully saturated rings. The van der Waals surface area contributed by atoms with Crippen molar-refractivity contribution in [1.82, 2.24) is 0 Å². The average Bonchev–Trinajstić information content (AvgIpc) is 3.13. The van der Waals surface area contributed by atoms with Crippen LogP contribution >= 0.6 is 0 Å². The molecule has 1 aliphatic rings. The first-order chi connectivity index (χ1) is 8.20. The number of rotatable bonds is 5. The van der Waals surface area contributed by atoms with Crippen molar-refractivity contribution in [2.75, 3.05) is 27.4 Å². The van der Waals surface area contributed by atoms with E-state index in [1.165, 1.54) is 0 Å². The molecule has 0 aromatic heterocycles. The topological polar surface area (TPSA) is 64.7 Å². The molecule has 17 heavy (non-hydrogen) atoms. The normalized spacial score (nSPS) is 26.7. The lowest BCUT2D eigenvalue weighted by molar-refractivity contribution is 0.211. The highest BCUT2D eigenvalue weighted by Gasteiger charge is 2.53. The highest BCUT2D eigenvalue weighted by Crippen LogP contribution is 2.58. The second kappa shape index (κ2) is 4.55. The number of hydrogen-bond donors (Lipinski definition) is 2. The van der Waals surface area contributed by atoms with Gasteiger partial charge in [-0.25, -0.2) is 0 Å². The molecule has 1 aromatic rings. The van der Waals surface area contributed by atoms with Gasteiger partial charge >= 0.3 is 0 Å². The molecular weight excluding hydrogens is 218 g/mol. The number of aliphatic hydroxyl groups is 1. The SMILES string of the molecule is COc1ccc([C@@H]2C[C@]2(CN)CO)cc1OC. The van der Waals surface area contributed by atoms with Gasteiger partial charge in [0.15, 0.2) is 11.5 Å². The Morgan fingerprint density at radius 1 is 1.35 bits per heavy atom. The summed E-state index contributed by atoms with van der Waals surface area (Å²) in [4.78, 5) is 0. The smallest absolute Gasteiger partial charge is 0.160 e. The molecule has 0 heterocycles. The molecule has 94 valence electrons. The number of benzene rings is 1. The monoisotopic (exact) mass is 237 g/mol. The second-order valence-electron chi connectivity index (χ2n) is 4.60. The standard InChI is InChI=1S/C13H19NO3/c1-16-11-4-3-9(5-12(11)17-2)10-6-13(10,7-14)8-15/h3-5,10,15H,6-8,14H2,1-2H3/t10-,13-/m0/s1. The van der Waals surface area contributed by atoms with Crippen LogP contribution in [0.25, 0.3) is 0 Å².